The Bertz CT molecular complexity index is 1300. The molecule has 0 saturated carbocycles. The Morgan fingerprint density at radius 2 is 1.88 bits per heavy atom. The minimum atomic E-state index is -4.51. The highest BCUT2D eigenvalue weighted by atomic mass is 32.1. The van der Waals surface area contributed by atoms with Gasteiger partial charge in [-0.15, -0.1) is 11.3 Å². The number of nitrogens with one attached hydrogen (secondary N) is 1. The molecule has 0 bridgehead atoms. The van der Waals surface area contributed by atoms with E-state index < -0.39 is 34.9 Å². The molecule has 1 saturated heterocycles. The summed E-state index contributed by atoms with van der Waals surface area (Å²) in [6.45, 7) is 0. The molecular weight excluding hydrogens is 446 g/mol. The number of thiophene rings is 1. The van der Waals surface area contributed by atoms with Crippen molar-refractivity contribution in [3.05, 3.63) is 70.4 Å². The summed E-state index contributed by atoms with van der Waals surface area (Å²) in [6, 6.07) is 9.33. The zero-order chi connectivity index (χ0) is 22.6. The Morgan fingerprint density at radius 3 is 2.59 bits per heavy atom. The van der Waals surface area contributed by atoms with Crippen molar-refractivity contribution in [1.82, 2.24) is 5.32 Å². The molecule has 1 aromatic heterocycles. The van der Waals surface area contributed by atoms with Gasteiger partial charge in [-0.2, -0.15) is 13.2 Å². The number of rotatable bonds is 3. The lowest BCUT2D eigenvalue weighted by atomic mass is 10.0. The Labute approximate surface area is 183 Å². The standard InChI is InChI=1S/C22H13F4N3O2S/c23-15-9-12(2-4-14(15)17-5-6-18(32-17)22(24,25)26)19-20(30)28-21(31)29(19)13-3-1-11-7-8-27-16(11)10-13/h1-6,8-10,19H,7H2,(H,28,30,31). The predicted octanol–water partition coefficient (Wildman–Crippen LogP) is 5.63. The number of aliphatic imine (C=N–C) groups is 1. The molecule has 1 atom stereocenters. The molecule has 1 fully saturated rings. The van der Waals surface area contributed by atoms with Gasteiger partial charge in [0.2, 0.25) is 0 Å². The van der Waals surface area contributed by atoms with Crippen molar-refractivity contribution in [2.45, 2.75) is 18.6 Å². The number of anilines is 1. The number of alkyl halides is 3. The van der Waals surface area contributed by atoms with E-state index in [1.165, 1.54) is 23.1 Å². The van der Waals surface area contributed by atoms with Crippen LogP contribution in [0.25, 0.3) is 10.4 Å². The first-order valence-electron chi connectivity index (χ1n) is 9.49. The van der Waals surface area contributed by atoms with Gasteiger partial charge in [0, 0.05) is 28.8 Å². The highest BCUT2D eigenvalue weighted by molar-refractivity contribution is 7.15. The molecule has 2 aromatic carbocycles. The molecule has 5 nitrogen and oxygen atoms in total. The summed E-state index contributed by atoms with van der Waals surface area (Å²) < 4.78 is 53.5. The van der Waals surface area contributed by atoms with Crippen LogP contribution in [-0.2, 0) is 17.4 Å². The highest BCUT2D eigenvalue weighted by Crippen LogP contribution is 2.41. The SMILES string of the molecule is O=C1NC(=O)N(c2ccc3c(c2)N=CC3)C1c1ccc(-c2ccc(C(F)(F)F)s2)c(F)c1. The molecule has 2 aliphatic rings. The molecule has 0 spiro atoms. The van der Waals surface area contributed by atoms with Crippen LogP contribution in [-0.4, -0.2) is 18.2 Å². The molecule has 10 heteroatoms. The summed E-state index contributed by atoms with van der Waals surface area (Å²) in [4.78, 5) is 29.8. The van der Waals surface area contributed by atoms with E-state index in [1.807, 2.05) is 6.07 Å². The summed E-state index contributed by atoms with van der Waals surface area (Å²) in [5, 5.41) is 2.23. The van der Waals surface area contributed by atoms with E-state index in [0.29, 0.717) is 29.1 Å². The summed E-state index contributed by atoms with van der Waals surface area (Å²) in [7, 11) is 0. The Hall–Kier alpha value is -3.53. The molecule has 3 aromatic rings. The Kier molecular flexibility index (Phi) is 4.63. The summed E-state index contributed by atoms with van der Waals surface area (Å²) in [5.74, 6) is -1.41. The van der Waals surface area contributed by atoms with Gasteiger partial charge in [-0.05, 0) is 41.5 Å². The number of nitrogens with zero attached hydrogens (tertiary/aromatic N) is 2. The average molecular weight is 459 g/mol. The third-order valence-corrected chi connectivity index (χ3v) is 6.47. The number of urea groups is 1. The van der Waals surface area contributed by atoms with Crippen molar-refractivity contribution in [2.75, 3.05) is 4.90 Å². The molecule has 162 valence electrons. The zero-order valence-electron chi connectivity index (χ0n) is 16.1. The third-order valence-electron chi connectivity index (χ3n) is 5.30. The van der Waals surface area contributed by atoms with Crippen LogP contribution in [0.4, 0.5) is 33.7 Å². The molecular formula is C22H13F4N3O2S. The maximum Gasteiger partial charge on any atom is 0.425 e. The minimum absolute atomic E-state index is 0.0163. The fraction of sp³-hybridized carbons (Fsp3) is 0.136. The molecule has 0 radical (unpaired) electrons. The Balaban J connectivity index is 1.51. The number of halogens is 4. The molecule has 1 unspecified atom stereocenters. The van der Waals surface area contributed by atoms with Gasteiger partial charge in [0.15, 0.2) is 0 Å². The number of amides is 3. The number of imide groups is 1. The van der Waals surface area contributed by atoms with E-state index >= 15 is 0 Å². The quantitative estimate of drug-likeness (QED) is 0.408. The second kappa shape index (κ2) is 7.27. The van der Waals surface area contributed by atoms with Crippen LogP contribution in [0.15, 0.2) is 53.5 Å². The van der Waals surface area contributed by atoms with Gasteiger partial charge < -0.3 is 0 Å². The van der Waals surface area contributed by atoms with Crippen LogP contribution < -0.4 is 10.2 Å². The van der Waals surface area contributed by atoms with Crippen LogP contribution in [0.1, 0.15) is 22.0 Å². The van der Waals surface area contributed by atoms with Crippen molar-refractivity contribution in [3.8, 4) is 10.4 Å². The molecule has 3 heterocycles. The summed E-state index contributed by atoms with van der Waals surface area (Å²) >= 11 is 0.433. The van der Waals surface area contributed by atoms with Gasteiger partial charge in [-0.1, -0.05) is 18.2 Å². The second-order valence-electron chi connectivity index (χ2n) is 7.30. The van der Waals surface area contributed by atoms with Gasteiger partial charge >= 0.3 is 12.2 Å². The van der Waals surface area contributed by atoms with Crippen molar-refractivity contribution in [1.29, 1.82) is 0 Å². The van der Waals surface area contributed by atoms with Crippen LogP contribution in [0.3, 0.4) is 0 Å². The largest absolute Gasteiger partial charge is 0.425 e. The van der Waals surface area contributed by atoms with Gasteiger partial charge in [-0.25, -0.2) is 9.18 Å². The number of hydrogen-bond donors (Lipinski definition) is 1. The van der Waals surface area contributed by atoms with Crippen molar-refractivity contribution < 1.29 is 27.2 Å². The normalized spacial score (nSPS) is 17.8. The van der Waals surface area contributed by atoms with Gasteiger partial charge in [0.1, 0.15) is 16.7 Å². The average Bonchev–Trinajstić information content (AvgIpc) is 3.45. The van der Waals surface area contributed by atoms with E-state index in [4.69, 9.17) is 0 Å². The second-order valence-corrected chi connectivity index (χ2v) is 8.38. The van der Waals surface area contributed by atoms with E-state index in [9.17, 15) is 27.2 Å². The molecule has 32 heavy (non-hydrogen) atoms. The molecule has 5 rings (SSSR count). The molecule has 1 N–H and O–H groups in total. The number of benzene rings is 2. The van der Waals surface area contributed by atoms with E-state index in [-0.39, 0.29) is 16.0 Å². The van der Waals surface area contributed by atoms with Gasteiger partial charge in [-0.3, -0.25) is 20.0 Å². The third kappa shape index (κ3) is 3.36. The van der Waals surface area contributed by atoms with Crippen molar-refractivity contribution in [2.24, 2.45) is 4.99 Å². The van der Waals surface area contributed by atoms with Crippen LogP contribution >= 0.6 is 11.3 Å². The van der Waals surface area contributed by atoms with Gasteiger partial charge in [0.25, 0.3) is 5.91 Å². The van der Waals surface area contributed by atoms with Crippen molar-refractivity contribution >= 4 is 40.9 Å². The smallest absolute Gasteiger partial charge is 0.277 e. The maximum absolute atomic E-state index is 14.9. The van der Waals surface area contributed by atoms with E-state index in [2.05, 4.69) is 10.3 Å². The van der Waals surface area contributed by atoms with E-state index in [1.54, 1.807) is 18.3 Å². The molecule has 3 amide bonds. The number of hydrogen-bond acceptors (Lipinski definition) is 4. The number of carbonyl (C=O) groups is 2. The first-order chi connectivity index (χ1) is 15.2. The monoisotopic (exact) mass is 459 g/mol. The van der Waals surface area contributed by atoms with Crippen LogP contribution in [0.5, 0.6) is 0 Å². The topological polar surface area (TPSA) is 61.8 Å². The molecule has 0 aliphatic carbocycles. The lowest BCUT2D eigenvalue weighted by Crippen LogP contribution is -2.29. The lowest BCUT2D eigenvalue weighted by Gasteiger charge is -2.23. The molecule has 2 aliphatic heterocycles. The number of carbonyl (C=O) groups excluding carboxylic acids is 2. The summed E-state index contributed by atoms with van der Waals surface area (Å²) in [6.07, 6.45) is -2.10. The van der Waals surface area contributed by atoms with Crippen LogP contribution in [0, 0.1) is 5.82 Å². The zero-order valence-corrected chi connectivity index (χ0v) is 16.9. The predicted molar refractivity (Wildman–Crippen MR) is 112 cm³/mol. The maximum atomic E-state index is 14.9. The lowest BCUT2D eigenvalue weighted by molar-refractivity contribution is -0.134. The number of fused-ring (bicyclic) bond motifs is 1. The Morgan fingerprint density at radius 1 is 1.06 bits per heavy atom. The summed E-state index contributed by atoms with van der Waals surface area (Å²) in [5.41, 5.74) is 2.28. The van der Waals surface area contributed by atoms with Crippen molar-refractivity contribution in [3.63, 3.8) is 0 Å². The fourth-order valence-corrected chi connectivity index (χ4v) is 4.71. The highest BCUT2D eigenvalue weighted by Gasteiger charge is 2.41. The fourth-order valence-electron chi connectivity index (χ4n) is 3.81. The van der Waals surface area contributed by atoms with E-state index in [0.717, 1.165) is 17.7 Å². The van der Waals surface area contributed by atoms with Gasteiger partial charge in [0.05, 0.1) is 5.69 Å². The first-order valence-corrected chi connectivity index (χ1v) is 10.3. The minimum Gasteiger partial charge on any atom is -0.277 e. The van der Waals surface area contributed by atoms with Crippen LogP contribution in [0.2, 0.25) is 0 Å². The first kappa shape index (κ1) is 20.4.